The van der Waals surface area contributed by atoms with Crippen LogP contribution >= 0.6 is 23.4 Å². The molecule has 1 fully saturated rings. The molecule has 4 nitrogen and oxygen atoms in total. The van der Waals surface area contributed by atoms with Crippen LogP contribution in [0.2, 0.25) is 5.02 Å². The molecule has 1 aliphatic heterocycles. The fourth-order valence-electron chi connectivity index (χ4n) is 1.86. The molecule has 2 amide bonds. The molecule has 1 aliphatic rings. The predicted octanol–water partition coefficient (Wildman–Crippen LogP) is 1.09. The van der Waals surface area contributed by atoms with E-state index in [-0.39, 0.29) is 28.5 Å². The number of rotatable bonds is 4. The number of carbonyl (C=O) groups excluding carboxylic acids is 2. The van der Waals surface area contributed by atoms with Gasteiger partial charge >= 0.3 is 0 Å². The van der Waals surface area contributed by atoms with Gasteiger partial charge in [0.2, 0.25) is 11.8 Å². The SMILES string of the molecule is [NH3+]CCS[C@H]1CC(=O)N(c2ccc(F)c(Cl)c2)C1=O. The Morgan fingerprint density at radius 2 is 2.21 bits per heavy atom. The second-order valence-electron chi connectivity index (χ2n) is 4.08. The van der Waals surface area contributed by atoms with Crippen LogP contribution in [-0.4, -0.2) is 29.4 Å². The molecule has 1 saturated heterocycles. The Morgan fingerprint density at radius 1 is 1.47 bits per heavy atom. The lowest BCUT2D eigenvalue weighted by atomic mass is 10.3. The summed E-state index contributed by atoms with van der Waals surface area (Å²) in [5.41, 5.74) is 4.02. The average molecular weight is 304 g/mol. The minimum Gasteiger partial charge on any atom is -0.357 e. The zero-order valence-electron chi connectivity index (χ0n) is 10.1. The van der Waals surface area contributed by atoms with Crippen molar-refractivity contribution in [3.05, 3.63) is 29.0 Å². The molecule has 3 N–H and O–H groups in total. The van der Waals surface area contributed by atoms with Gasteiger partial charge in [0.05, 0.1) is 22.5 Å². The molecule has 19 heavy (non-hydrogen) atoms. The second-order valence-corrected chi connectivity index (χ2v) is 5.80. The Balaban J connectivity index is 2.22. The van der Waals surface area contributed by atoms with Crippen molar-refractivity contribution in [2.24, 2.45) is 0 Å². The van der Waals surface area contributed by atoms with E-state index in [1.54, 1.807) is 0 Å². The lowest BCUT2D eigenvalue weighted by molar-refractivity contribution is -0.360. The van der Waals surface area contributed by atoms with Gasteiger partial charge in [-0.15, -0.1) is 11.8 Å². The first kappa shape index (κ1) is 14.3. The van der Waals surface area contributed by atoms with Gasteiger partial charge in [-0.1, -0.05) is 11.6 Å². The van der Waals surface area contributed by atoms with E-state index in [9.17, 15) is 14.0 Å². The summed E-state index contributed by atoms with van der Waals surface area (Å²) in [4.78, 5) is 25.1. The largest absolute Gasteiger partial charge is 0.357 e. The van der Waals surface area contributed by atoms with Crippen LogP contribution in [0.1, 0.15) is 6.42 Å². The van der Waals surface area contributed by atoms with Gasteiger partial charge in [-0.25, -0.2) is 9.29 Å². The number of thioether (sulfide) groups is 1. The van der Waals surface area contributed by atoms with Crippen LogP contribution in [0.5, 0.6) is 0 Å². The van der Waals surface area contributed by atoms with E-state index in [1.165, 1.54) is 23.9 Å². The zero-order chi connectivity index (χ0) is 14.0. The molecule has 1 aromatic rings. The highest BCUT2D eigenvalue weighted by Crippen LogP contribution is 2.31. The molecule has 2 rings (SSSR count). The Hall–Kier alpha value is -1.11. The summed E-state index contributed by atoms with van der Waals surface area (Å²) in [5, 5.41) is -0.481. The normalized spacial score (nSPS) is 19.3. The van der Waals surface area contributed by atoms with E-state index in [4.69, 9.17) is 11.6 Å². The first-order valence-corrected chi connectivity index (χ1v) is 7.20. The van der Waals surface area contributed by atoms with Crippen molar-refractivity contribution in [2.45, 2.75) is 11.7 Å². The van der Waals surface area contributed by atoms with Crippen molar-refractivity contribution in [2.75, 3.05) is 17.2 Å². The maximum atomic E-state index is 13.1. The molecule has 0 aromatic heterocycles. The van der Waals surface area contributed by atoms with E-state index < -0.39 is 5.82 Å². The number of nitrogens with zero attached hydrogens (tertiary/aromatic N) is 1. The van der Waals surface area contributed by atoms with Gasteiger partial charge in [-0.2, -0.15) is 0 Å². The van der Waals surface area contributed by atoms with Crippen LogP contribution in [0, 0.1) is 5.82 Å². The Labute approximate surface area is 119 Å². The van der Waals surface area contributed by atoms with Gasteiger partial charge in [0.1, 0.15) is 5.82 Å². The Bertz CT molecular complexity index is 526. The third-order valence-corrected chi connectivity index (χ3v) is 4.31. The standard InChI is InChI=1S/C12H12ClFN2O2S/c13-8-5-7(1-2-9(8)14)16-11(17)6-10(12(16)18)19-4-3-15/h1-2,5,10H,3-4,6,15H2/p+1/t10-/m0/s1. The summed E-state index contributed by atoms with van der Waals surface area (Å²) >= 11 is 7.09. The molecule has 1 heterocycles. The first-order valence-electron chi connectivity index (χ1n) is 5.77. The van der Waals surface area contributed by atoms with Crippen LogP contribution in [0.4, 0.5) is 10.1 Å². The van der Waals surface area contributed by atoms with Crippen molar-refractivity contribution in [3.63, 3.8) is 0 Å². The van der Waals surface area contributed by atoms with Gasteiger partial charge in [0.25, 0.3) is 0 Å². The monoisotopic (exact) mass is 303 g/mol. The Kier molecular flexibility index (Phi) is 4.44. The molecule has 0 saturated carbocycles. The molecular weight excluding hydrogens is 291 g/mol. The van der Waals surface area contributed by atoms with Crippen molar-refractivity contribution >= 4 is 40.9 Å². The van der Waals surface area contributed by atoms with E-state index in [2.05, 4.69) is 5.73 Å². The van der Waals surface area contributed by atoms with Crippen LogP contribution < -0.4 is 10.6 Å². The maximum Gasteiger partial charge on any atom is 0.247 e. The summed E-state index contributed by atoms with van der Waals surface area (Å²) in [7, 11) is 0. The van der Waals surface area contributed by atoms with Gasteiger partial charge < -0.3 is 5.73 Å². The number of carbonyl (C=O) groups is 2. The highest BCUT2D eigenvalue weighted by atomic mass is 35.5. The highest BCUT2D eigenvalue weighted by Gasteiger charge is 2.39. The van der Waals surface area contributed by atoms with Crippen LogP contribution in [0.3, 0.4) is 0 Å². The summed E-state index contributed by atoms with van der Waals surface area (Å²) in [5.74, 6) is -0.408. The van der Waals surface area contributed by atoms with Crippen molar-refractivity contribution in [1.82, 2.24) is 0 Å². The lowest BCUT2D eigenvalue weighted by Gasteiger charge is -2.15. The second kappa shape index (κ2) is 5.90. The minimum absolute atomic E-state index is 0.105. The fraction of sp³-hybridized carbons (Fsp3) is 0.333. The number of benzene rings is 1. The minimum atomic E-state index is -0.576. The number of anilines is 1. The molecule has 0 bridgehead atoms. The lowest BCUT2D eigenvalue weighted by Crippen LogP contribution is -2.51. The Morgan fingerprint density at radius 3 is 2.84 bits per heavy atom. The number of hydrogen-bond acceptors (Lipinski definition) is 3. The molecule has 7 heteroatoms. The van der Waals surface area contributed by atoms with E-state index >= 15 is 0 Å². The van der Waals surface area contributed by atoms with Gasteiger partial charge in [0.15, 0.2) is 0 Å². The molecule has 0 aliphatic carbocycles. The summed E-state index contributed by atoms with van der Waals surface area (Å²) < 4.78 is 13.1. The van der Waals surface area contributed by atoms with Gasteiger partial charge in [-0.3, -0.25) is 9.59 Å². The van der Waals surface area contributed by atoms with Crippen LogP contribution in [-0.2, 0) is 9.59 Å². The van der Waals surface area contributed by atoms with E-state index in [0.29, 0.717) is 12.2 Å². The number of hydrogen-bond donors (Lipinski definition) is 1. The van der Waals surface area contributed by atoms with Crippen LogP contribution in [0.25, 0.3) is 0 Å². The van der Waals surface area contributed by atoms with Gasteiger partial charge in [0, 0.05) is 12.2 Å². The third kappa shape index (κ3) is 2.91. The maximum absolute atomic E-state index is 13.1. The summed E-state index contributed by atoms with van der Waals surface area (Å²) in [6.07, 6.45) is 0.165. The zero-order valence-corrected chi connectivity index (χ0v) is 11.6. The van der Waals surface area contributed by atoms with Crippen molar-refractivity contribution < 1.29 is 19.7 Å². The highest BCUT2D eigenvalue weighted by molar-refractivity contribution is 8.00. The predicted molar refractivity (Wildman–Crippen MR) is 72.5 cm³/mol. The van der Waals surface area contributed by atoms with Crippen molar-refractivity contribution in [1.29, 1.82) is 0 Å². The summed E-state index contributed by atoms with van der Waals surface area (Å²) in [6.45, 7) is 0.699. The van der Waals surface area contributed by atoms with Crippen molar-refractivity contribution in [3.8, 4) is 0 Å². The first-order chi connectivity index (χ1) is 9.04. The van der Waals surface area contributed by atoms with Crippen LogP contribution in [0.15, 0.2) is 18.2 Å². The number of amides is 2. The number of quaternary nitrogens is 1. The molecule has 102 valence electrons. The molecular formula is C12H13ClFN2O2S+. The van der Waals surface area contributed by atoms with Gasteiger partial charge in [-0.05, 0) is 18.2 Å². The molecule has 1 atom stereocenters. The molecule has 1 aromatic carbocycles. The molecule has 0 unspecified atom stereocenters. The fourth-order valence-corrected chi connectivity index (χ4v) is 2.99. The molecule has 0 radical (unpaired) electrons. The van der Waals surface area contributed by atoms with E-state index in [0.717, 1.165) is 16.7 Å². The molecule has 0 spiro atoms. The smallest absolute Gasteiger partial charge is 0.247 e. The number of halogens is 2. The quantitative estimate of drug-likeness (QED) is 0.847. The third-order valence-electron chi connectivity index (χ3n) is 2.73. The number of imide groups is 1. The topological polar surface area (TPSA) is 65.0 Å². The summed E-state index contributed by atoms with van der Waals surface area (Å²) in [6, 6.07) is 3.82. The van der Waals surface area contributed by atoms with E-state index in [1.807, 2.05) is 0 Å². The average Bonchev–Trinajstić information content (AvgIpc) is 2.65.